The van der Waals surface area contributed by atoms with Crippen LogP contribution in [0.5, 0.6) is 11.5 Å². The maximum absolute atomic E-state index is 13.6. The minimum Gasteiger partial charge on any atom is -0.490 e. The summed E-state index contributed by atoms with van der Waals surface area (Å²) in [5, 5.41) is 14.6. The molecule has 4 aromatic rings. The molecule has 1 aromatic heterocycles. The zero-order valence-corrected chi connectivity index (χ0v) is 25.8. The fourth-order valence-electron chi connectivity index (χ4n) is 5.00. The van der Waals surface area contributed by atoms with E-state index in [1.807, 2.05) is 49.4 Å². The molecule has 0 unspecified atom stereocenters. The zero-order chi connectivity index (χ0) is 28.1. The molecule has 0 N–H and O–H groups in total. The normalized spacial score (nSPS) is 13.9. The number of rotatable bonds is 8. The molecule has 1 fully saturated rings. The number of nitrogens with zero attached hydrogens (tertiary/aromatic N) is 4. The van der Waals surface area contributed by atoms with Crippen LogP contribution in [0.1, 0.15) is 67.5 Å². The van der Waals surface area contributed by atoms with Gasteiger partial charge in [-0.05, 0) is 84.3 Å². The first kappa shape index (κ1) is 28.3. The molecule has 9 heteroatoms. The summed E-state index contributed by atoms with van der Waals surface area (Å²) in [5.41, 5.74) is 2.66. The summed E-state index contributed by atoms with van der Waals surface area (Å²) in [6.07, 6.45) is 7.13. The number of nitriles is 1. The molecule has 1 aliphatic rings. The first-order valence-electron chi connectivity index (χ1n) is 13.3. The van der Waals surface area contributed by atoms with E-state index in [1.165, 1.54) is 11.1 Å². The predicted molar refractivity (Wildman–Crippen MR) is 168 cm³/mol. The molecular weight excluding hydrogens is 683 g/mol. The van der Waals surface area contributed by atoms with Crippen LogP contribution in [-0.2, 0) is 6.61 Å². The van der Waals surface area contributed by atoms with E-state index in [0.29, 0.717) is 40.4 Å². The Balaban J connectivity index is 1.51. The Morgan fingerprint density at radius 3 is 2.73 bits per heavy atom. The molecule has 0 aliphatic heterocycles. The van der Waals surface area contributed by atoms with Gasteiger partial charge in [0, 0.05) is 16.0 Å². The number of ether oxygens (including phenoxy) is 2. The summed E-state index contributed by atoms with van der Waals surface area (Å²) in [5.74, 6) is 2.08. The monoisotopic (exact) mass is 710 g/mol. The van der Waals surface area contributed by atoms with Gasteiger partial charge in [0.1, 0.15) is 12.4 Å². The Hall–Kier alpha value is -3.23. The Morgan fingerprint density at radius 1 is 1.15 bits per heavy atom. The van der Waals surface area contributed by atoms with Gasteiger partial charge in [0.15, 0.2) is 11.5 Å². The van der Waals surface area contributed by atoms with Crippen molar-refractivity contribution in [3.05, 3.63) is 95.5 Å². The van der Waals surface area contributed by atoms with Gasteiger partial charge in [-0.3, -0.25) is 4.79 Å². The van der Waals surface area contributed by atoms with Gasteiger partial charge in [-0.25, -0.2) is 4.98 Å². The van der Waals surface area contributed by atoms with Gasteiger partial charge in [-0.15, -0.1) is 0 Å². The standard InChI is InChI=1S/C31H28BrIN4O3/c1-2-39-28-15-20(14-26(33)29(28)40-19-23-11-7-6-10-22(23)17-34)18-35-37-30(21-8-4-3-5-9-21)36-27-13-12-24(32)16-25(27)31(37)38/h6-7,10-16,18,21H,2-5,8-9,19H2,1H3. The first-order valence-corrected chi connectivity index (χ1v) is 15.2. The highest BCUT2D eigenvalue weighted by Gasteiger charge is 2.22. The van der Waals surface area contributed by atoms with E-state index < -0.39 is 0 Å². The van der Waals surface area contributed by atoms with Crippen LogP contribution in [0.25, 0.3) is 10.9 Å². The van der Waals surface area contributed by atoms with Gasteiger partial charge in [0.25, 0.3) is 5.56 Å². The van der Waals surface area contributed by atoms with E-state index in [2.05, 4.69) is 49.7 Å². The number of hydrogen-bond acceptors (Lipinski definition) is 6. The molecule has 0 radical (unpaired) electrons. The minimum absolute atomic E-state index is 0.182. The lowest BCUT2D eigenvalue weighted by atomic mass is 9.88. The van der Waals surface area contributed by atoms with Crippen LogP contribution in [0.4, 0.5) is 0 Å². The van der Waals surface area contributed by atoms with Crippen LogP contribution in [-0.4, -0.2) is 22.5 Å². The Kier molecular flexibility index (Phi) is 9.17. The third-order valence-electron chi connectivity index (χ3n) is 6.97. The lowest BCUT2D eigenvalue weighted by Gasteiger charge is -2.22. The second-order valence-electron chi connectivity index (χ2n) is 9.65. The third kappa shape index (κ3) is 6.23. The highest BCUT2D eigenvalue weighted by atomic mass is 127. The Labute approximate surface area is 255 Å². The van der Waals surface area contributed by atoms with Gasteiger partial charge in [-0.1, -0.05) is 53.4 Å². The van der Waals surface area contributed by atoms with Crippen molar-refractivity contribution in [2.24, 2.45) is 5.10 Å². The molecule has 0 spiro atoms. The molecular formula is C31H28BrIN4O3. The van der Waals surface area contributed by atoms with E-state index in [1.54, 1.807) is 18.3 Å². The largest absolute Gasteiger partial charge is 0.490 e. The molecule has 3 aromatic carbocycles. The summed E-state index contributed by atoms with van der Waals surface area (Å²) in [7, 11) is 0. The van der Waals surface area contributed by atoms with Crippen molar-refractivity contribution in [2.75, 3.05) is 6.61 Å². The fraction of sp³-hybridized carbons (Fsp3) is 0.290. The molecule has 0 amide bonds. The maximum atomic E-state index is 13.6. The maximum Gasteiger partial charge on any atom is 0.282 e. The zero-order valence-electron chi connectivity index (χ0n) is 22.1. The number of hydrogen-bond donors (Lipinski definition) is 0. The van der Waals surface area contributed by atoms with Crippen molar-refractivity contribution >= 4 is 55.6 Å². The summed E-state index contributed by atoms with van der Waals surface area (Å²) in [6, 6.07) is 19.0. The number of halogens is 2. The fourth-order valence-corrected chi connectivity index (χ4v) is 6.14. The highest BCUT2D eigenvalue weighted by Crippen LogP contribution is 2.35. The number of aromatic nitrogens is 2. The number of fused-ring (bicyclic) bond motifs is 1. The SMILES string of the molecule is CCOc1cc(C=Nn2c(C3CCCCC3)nc3ccc(Br)cc3c2=O)cc(I)c1OCc1ccccc1C#N. The average Bonchev–Trinajstić information content (AvgIpc) is 2.97. The van der Waals surface area contributed by atoms with Crippen molar-refractivity contribution in [3.8, 4) is 17.6 Å². The molecule has 1 aliphatic carbocycles. The van der Waals surface area contributed by atoms with Crippen LogP contribution in [0, 0.1) is 14.9 Å². The second kappa shape index (κ2) is 13.0. The van der Waals surface area contributed by atoms with Crippen LogP contribution < -0.4 is 15.0 Å². The van der Waals surface area contributed by atoms with Crippen molar-refractivity contribution < 1.29 is 9.47 Å². The highest BCUT2D eigenvalue weighted by molar-refractivity contribution is 14.1. The topological polar surface area (TPSA) is 89.5 Å². The lowest BCUT2D eigenvalue weighted by molar-refractivity contribution is 0.267. The second-order valence-corrected chi connectivity index (χ2v) is 11.7. The molecule has 1 saturated carbocycles. The average molecular weight is 711 g/mol. The van der Waals surface area contributed by atoms with Crippen molar-refractivity contribution in [3.63, 3.8) is 0 Å². The Bertz CT molecular complexity index is 1670. The first-order chi connectivity index (χ1) is 19.5. The number of benzene rings is 3. The van der Waals surface area contributed by atoms with Crippen LogP contribution in [0.15, 0.2) is 69.0 Å². The predicted octanol–water partition coefficient (Wildman–Crippen LogP) is 7.54. The Morgan fingerprint density at radius 2 is 1.95 bits per heavy atom. The van der Waals surface area contributed by atoms with E-state index in [0.717, 1.165) is 44.9 Å². The van der Waals surface area contributed by atoms with E-state index in [9.17, 15) is 10.1 Å². The van der Waals surface area contributed by atoms with E-state index in [4.69, 9.17) is 14.5 Å². The minimum atomic E-state index is -0.182. The van der Waals surface area contributed by atoms with Gasteiger partial charge in [0.2, 0.25) is 0 Å². The molecule has 0 bridgehead atoms. The van der Waals surface area contributed by atoms with Gasteiger partial charge in [0.05, 0.1) is 38.9 Å². The smallest absolute Gasteiger partial charge is 0.282 e. The van der Waals surface area contributed by atoms with E-state index in [-0.39, 0.29) is 18.1 Å². The lowest BCUT2D eigenvalue weighted by Crippen LogP contribution is -2.25. The van der Waals surface area contributed by atoms with Gasteiger partial charge in [-0.2, -0.15) is 15.0 Å². The van der Waals surface area contributed by atoms with Crippen molar-refractivity contribution in [2.45, 2.75) is 51.6 Å². The molecule has 7 nitrogen and oxygen atoms in total. The quantitative estimate of drug-likeness (QED) is 0.139. The van der Waals surface area contributed by atoms with Gasteiger partial charge < -0.3 is 9.47 Å². The molecule has 204 valence electrons. The summed E-state index contributed by atoms with van der Waals surface area (Å²) < 4.78 is 15.2. The molecule has 5 rings (SSSR count). The van der Waals surface area contributed by atoms with Gasteiger partial charge >= 0.3 is 0 Å². The molecule has 40 heavy (non-hydrogen) atoms. The van der Waals surface area contributed by atoms with E-state index >= 15 is 0 Å². The van der Waals surface area contributed by atoms with Crippen molar-refractivity contribution in [1.29, 1.82) is 5.26 Å². The molecule has 0 saturated heterocycles. The molecule has 0 atom stereocenters. The van der Waals surface area contributed by atoms with Crippen LogP contribution in [0.3, 0.4) is 0 Å². The summed E-state index contributed by atoms with van der Waals surface area (Å²) in [6.45, 7) is 2.61. The summed E-state index contributed by atoms with van der Waals surface area (Å²) in [4.78, 5) is 18.6. The third-order valence-corrected chi connectivity index (χ3v) is 8.26. The van der Waals surface area contributed by atoms with Crippen LogP contribution >= 0.6 is 38.5 Å². The summed E-state index contributed by atoms with van der Waals surface area (Å²) >= 11 is 5.69. The van der Waals surface area contributed by atoms with Crippen LogP contribution in [0.2, 0.25) is 0 Å². The van der Waals surface area contributed by atoms with Crippen molar-refractivity contribution in [1.82, 2.24) is 9.66 Å². The molecule has 1 heterocycles.